The third-order valence-corrected chi connectivity index (χ3v) is 2.90. The van der Waals surface area contributed by atoms with E-state index in [1.807, 2.05) is 30.3 Å². The molecule has 0 aliphatic carbocycles. The number of rotatable bonds is 5. The van der Waals surface area contributed by atoms with Gasteiger partial charge in [-0.1, -0.05) is 24.3 Å². The summed E-state index contributed by atoms with van der Waals surface area (Å²) in [5.41, 5.74) is 1.77. The molecule has 0 saturated heterocycles. The van der Waals surface area contributed by atoms with Gasteiger partial charge in [0.1, 0.15) is 11.5 Å². The molecule has 1 amide bonds. The van der Waals surface area contributed by atoms with Crippen LogP contribution in [0.5, 0.6) is 11.5 Å². The molecular weight excluding hydrogens is 254 g/mol. The smallest absolute Gasteiger partial charge is 0.224 e. The summed E-state index contributed by atoms with van der Waals surface area (Å²) in [6.07, 6.45) is 0.302. The summed E-state index contributed by atoms with van der Waals surface area (Å²) in [5.74, 6) is 0.870. The summed E-state index contributed by atoms with van der Waals surface area (Å²) < 4.78 is 5.12. The number of methoxy groups -OCH3 is 1. The quantitative estimate of drug-likeness (QED) is 0.877. The van der Waals surface area contributed by atoms with E-state index in [1.165, 1.54) is 0 Å². The Morgan fingerprint density at radius 2 is 1.90 bits per heavy atom. The first kappa shape index (κ1) is 13.9. The van der Waals surface area contributed by atoms with E-state index in [2.05, 4.69) is 5.32 Å². The minimum atomic E-state index is -0.0680. The third-order valence-electron chi connectivity index (χ3n) is 2.90. The van der Waals surface area contributed by atoms with E-state index < -0.39 is 0 Å². The second-order valence-corrected chi connectivity index (χ2v) is 4.47. The van der Waals surface area contributed by atoms with Crippen molar-refractivity contribution in [3.8, 4) is 11.5 Å². The summed E-state index contributed by atoms with van der Waals surface area (Å²) in [7, 11) is 1.60. The number of amides is 1. The van der Waals surface area contributed by atoms with Crippen molar-refractivity contribution in [2.45, 2.75) is 13.0 Å². The zero-order valence-electron chi connectivity index (χ0n) is 11.3. The van der Waals surface area contributed by atoms with Gasteiger partial charge in [-0.05, 0) is 35.4 Å². The van der Waals surface area contributed by atoms with E-state index >= 15 is 0 Å². The van der Waals surface area contributed by atoms with Crippen LogP contribution in [0.4, 0.5) is 0 Å². The first-order valence-electron chi connectivity index (χ1n) is 6.35. The largest absolute Gasteiger partial charge is 0.508 e. The highest BCUT2D eigenvalue weighted by atomic mass is 16.5. The molecule has 20 heavy (non-hydrogen) atoms. The summed E-state index contributed by atoms with van der Waals surface area (Å²) >= 11 is 0. The Hall–Kier alpha value is -2.49. The Labute approximate surface area is 118 Å². The Kier molecular flexibility index (Phi) is 4.60. The molecule has 2 aromatic rings. The highest BCUT2D eigenvalue weighted by molar-refractivity contribution is 5.78. The van der Waals surface area contributed by atoms with E-state index in [4.69, 9.17) is 4.74 Å². The molecule has 0 radical (unpaired) electrons. The summed E-state index contributed by atoms with van der Waals surface area (Å²) in [6, 6.07) is 14.3. The average molecular weight is 271 g/mol. The SMILES string of the molecule is COc1cccc(CC(=O)NCc2cccc(O)c2)c1. The lowest BCUT2D eigenvalue weighted by molar-refractivity contribution is -0.120. The van der Waals surface area contributed by atoms with Gasteiger partial charge in [-0.2, -0.15) is 0 Å². The minimum absolute atomic E-state index is 0.0680. The molecule has 4 heteroatoms. The molecule has 0 aliphatic rings. The zero-order valence-corrected chi connectivity index (χ0v) is 11.3. The maximum Gasteiger partial charge on any atom is 0.224 e. The maximum atomic E-state index is 11.9. The fourth-order valence-corrected chi connectivity index (χ4v) is 1.90. The lowest BCUT2D eigenvalue weighted by atomic mass is 10.1. The van der Waals surface area contributed by atoms with E-state index in [-0.39, 0.29) is 11.7 Å². The van der Waals surface area contributed by atoms with Crippen LogP contribution in [0.1, 0.15) is 11.1 Å². The first-order valence-corrected chi connectivity index (χ1v) is 6.35. The second-order valence-electron chi connectivity index (χ2n) is 4.47. The molecule has 0 fully saturated rings. The van der Waals surface area contributed by atoms with Gasteiger partial charge in [0.15, 0.2) is 0 Å². The van der Waals surface area contributed by atoms with Crippen molar-refractivity contribution in [1.29, 1.82) is 0 Å². The number of nitrogens with one attached hydrogen (secondary N) is 1. The Balaban J connectivity index is 1.89. The van der Waals surface area contributed by atoms with E-state index in [1.54, 1.807) is 25.3 Å². The topological polar surface area (TPSA) is 58.6 Å². The fourth-order valence-electron chi connectivity index (χ4n) is 1.90. The molecule has 2 rings (SSSR count). The van der Waals surface area contributed by atoms with Crippen LogP contribution < -0.4 is 10.1 Å². The van der Waals surface area contributed by atoms with E-state index in [9.17, 15) is 9.90 Å². The molecule has 0 spiro atoms. The number of phenols is 1. The summed E-state index contributed by atoms with van der Waals surface area (Å²) in [5, 5.41) is 12.2. The van der Waals surface area contributed by atoms with Gasteiger partial charge in [0.2, 0.25) is 5.91 Å². The lowest BCUT2D eigenvalue weighted by Gasteiger charge is -2.07. The molecule has 104 valence electrons. The van der Waals surface area contributed by atoms with Gasteiger partial charge in [-0.25, -0.2) is 0 Å². The van der Waals surface area contributed by atoms with Crippen LogP contribution in [0.25, 0.3) is 0 Å². The molecular formula is C16H17NO3. The third kappa shape index (κ3) is 4.02. The van der Waals surface area contributed by atoms with Crippen molar-refractivity contribution in [3.63, 3.8) is 0 Å². The number of phenolic OH excluding ortho intramolecular Hbond substituents is 1. The summed E-state index contributed by atoms with van der Waals surface area (Å²) in [4.78, 5) is 11.9. The van der Waals surface area contributed by atoms with Gasteiger partial charge in [0, 0.05) is 6.54 Å². The number of hydrogen-bond donors (Lipinski definition) is 2. The molecule has 0 atom stereocenters. The first-order chi connectivity index (χ1) is 9.67. The minimum Gasteiger partial charge on any atom is -0.508 e. The van der Waals surface area contributed by atoms with E-state index in [0.29, 0.717) is 13.0 Å². The van der Waals surface area contributed by atoms with Crippen LogP contribution in [0, 0.1) is 0 Å². The number of aromatic hydroxyl groups is 1. The molecule has 0 aliphatic heterocycles. The van der Waals surface area contributed by atoms with Gasteiger partial charge in [-0.15, -0.1) is 0 Å². The molecule has 0 saturated carbocycles. The fraction of sp³-hybridized carbons (Fsp3) is 0.188. The van der Waals surface area contributed by atoms with Crippen LogP contribution in [0.3, 0.4) is 0 Å². The van der Waals surface area contributed by atoms with E-state index in [0.717, 1.165) is 16.9 Å². The van der Waals surface area contributed by atoms with Gasteiger partial charge < -0.3 is 15.2 Å². The Morgan fingerprint density at radius 3 is 2.65 bits per heavy atom. The van der Waals surface area contributed by atoms with Crippen LogP contribution >= 0.6 is 0 Å². The molecule has 0 aromatic heterocycles. The van der Waals surface area contributed by atoms with Gasteiger partial charge in [0.25, 0.3) is 0 Å². The van der Waals surface area contributed by atoms with Crippen molar-refractivity contribution in [2.24, 2.45) is 0 Å². The lowest BCUT2D eigenvalue weighted by Crippen LogP contribution is -2.24. The molecule has 2 aromatic carbocycles. The number of hydrogen-bond acceptors (Lipinski definition) is 3. The number of carbonyl (C=O) groups is 1. The van der Waals surface area contributed by atoms with Gasteiger partial charge in [0.05, 0.1) is 13.5 Å². The van der Waals surface area contributed by atoms with Crippen LogP contribution in [-0.4, -0.2) is 18.1 Å². The van der Waals surface area contributed by atoms with Crippen molar-refractivity contribution >= 4 is 5.91 Å². The van der Waals surface area contributed by atoms with Gasteiger partial charge in [-0.3, -0.25) is 4.79 Å². The van der Waals surface area contributed by atoms with Crippen molar-refractivity contribution in [1.82, 2.24) is 5.32 Å². The molecule has 0 heterocycles. The van der Waals surface area contributed by atoms with Gasteiger partial charge >= 0.3 is 0 Å². The molecule has 2 N–H and O–H groups in total. The Morgan fingerprint density at radius 1 is 1.15 bits per heavy atom. The highest BCUT2D eigenvalue weighted by Gasteiger charge is 2.04. The number of benzene rings is 2. The van der Waals surface area contributed by atoms with Crippen molar-refractivity contribution in [3.05, 3.63) is 59.7 Å². The predicted octanol–water partition coefficient (Wildman–Crippen LogP) is 2.26. The van der Waals surface area contributed by atoms with Crippen LogP contribution in [-0.2, 0) is 17.8 Å². The number of carbonyl (C=O) groups excluding carboxylic acids is 1. The standard InChI is InChI=1S/C16H17NO3/c1-20-15-7-3-4-12(9-15)10-16(19)17-11-13-5-2-6-14(18)8-13/h2-9,18H,10-11H2,1H3,(H,17,19). The van der Waals surface area contributed by atoms with Crippen LogP contribution in [0.15, 0.2) is 48.5 Å². The average Bonchev–Trinajstić information content (AvgIpc) is 2.45. The van der Waals surface area contributed by atoms with Crippen molar-refractivity contribution < 1.29 is 14.6 Å². The molecule has 4 nitrogen and oxygen atoms in total. The summed E-state index contributed by atoms with van der Waals surface area (Å²) in [6.45, 7) is 0.400. The molecule has 0 bridgehead atoms. The monoisotopic (exact) mass is 271 g/mol. The van der Waals surface area contributed by atoms with Crippen LogP contribution in [0.2, 0.25) is 0 Å². The second kappa shape index (κ2) is 6.61. The highest BCUT2D eigenvalue weighted by Crippen LogP contribution is 2.13. The number of ether oxygens (including phenoxy) is 1. The molecule has 0 unspecified atom stereocenters. The predicted molar refractivity (Wildman–Crippen MR) is 76.7 cm³/mol. The zero-order chi connectivity index (χ0) is 14.4. The normalized spacial score (nSPS) is 10.1. The van der Waals surface area contributed by atoms with Crippen molar-refractivity contribution in [2.75, 3.05) is 7.11 Å². The maximum absolute atomic E-state index is 11.9. The Bertz CT molecular complexity index is 596.